The quantitative estimate of drug-likeness (QED) is 0.313. The summed E-state index contributed by atoms with van der Waals surface area (Å²) in [5.74, 6) is -0.419. The van der Waals surface area contributed by atoms with E-state index in [0.29, 0.717) is 10.7 Å². The fourth-order valence-electron chi connectivity index (χ4n) is 0.715. The predicted octanol–water partition coefficient (Wildman–Crippen LogP) is 2.67. The van der Waals surface area contributed by atoms with E-state index in [0.717, 1.165) is 6.42 Å². The molecule has 3 nitrogen and oxygen atoms in total. The van der Waals surface area contributed by atoms with Gasteiger partial charge in [-0.3, -0.25) is 0 Å². The molecule has 0 N–H and O–H groups in total. The van der Waals surface area contributed by atoms with Crippen molar-refractivity contribution in [3.8, 4) is 0 Å². The van der Waals surface area contributed by atoms with Gasteiger partial charge in [-0.1, -0.05) is 24.6 Å². The van der Waals surface area contributed by atoms with Crippen LogP contribution in [0.3, 0.4) is 0 Å². The van der Waals surface area contributed by atoms with Gasteiger partial charge in [0.1, 0.15) is 5.16 Å². The molecule has 0 aliphatic heterocycles. The second-order valence-electron chi connectivity index (χ2n) is 2.43. The van der Waals surface area contributed by atoms with Gasteiger partial charge in [-0.05, 0) is 19.4 Å². The van der Waals surface area contributed by atoms with Crippen LogP contribution in [0.5, 0.6) is 0 Å². The molecule has 78 valence electrons. The number of carbonyl (C=O) groups excluding carboxylic acids is 1. The number of ether oxygens (including phenoxy) is 1. The molecule has 0 amide bonds. The van der Waals surface area contributed by atoms with Crippen LogP contribution in [-0.4, -0.2) is 19.3 Å². The second-order valence-corrected chi connectivity index (χ2v) is 2.82. The van der Waals surface area contributed by atoms with Crippen molar-refractivity contribution in [2.45, 2.75) is 20.3 Å². The first kappa shape index (κ1) is 12.9. The number of aliphatic imine (C=N–C) groups is 1. The second kappa shape index (κ2) is 7.33. The summed E-state index contributed by atoms with van der Waals surface area (Å²) < 4.78 is 4.53. The van der Waals surface area contributed by atoms with Crippen LogP contribution in [-0.2, 0) is 9.53 Å². The number of allylic oxidation sites excluding steroid dienone is 2. The highest BCUT2D eigenvalue weighted by Gasteiger charge is 2.04. The minimum atomic E-state index is -0.419. The van der Waals surface area contributed by atoms with E-state index < -0.39 is 5.97 Å². The third-order valence-corrected chi connectivity index (χ3v) is 1.68. The van der Waals surface area contributed by atoms with Crippen LogP contribution in [0.4, 0.5) is 0 Å². The Balaban J connectivity index is 4.48. The van der Waals surface area contributed by atoms with Crippen LogP contribution >= 0.6 is 11.6 Å². The average molecular weight is 216 g/mol. The summed E-state index contributed by atoms with van der Waals surface area (Å²) in [5.41, 5.74) is 0.384. The molecular formula is C10H14ClNO2. The maximum absolute atomic E-state index is 11.1. The van der Waals surface area contributed by atoms with Crippen molar-refractivity contribution in [1.82, 2.24) is 0 Å². The monoisotopic (exact) mass is 215 g/mol. The number of nitrogens with zero attached hydrogens (tertiary/aromatic N) is 1. The molecule has 0 spiro atoms. The Hall–Kier alpha value is -1.09. The average Bonchev–Trinajstić information content (AvgIpc) is 2.18. The Morgan fingerprint density at radius 2 is 2.21 bits per heavy atom. The topological polar surface area (TPSA) is 38.7 Å². The predicted molar refractivity (Wildman–Crippen MR) is 58.5 cm³/mol. The molecule has 0 bridgehead atoms. The van der Waals surface area contributed by atoms with E-state index in [9.17, 15) is 4.79 Å². The lowest BCUT2D eigenvalue weighted by molar-refractivity contribution is -0.135. The number of hydrogen-bond donors (Lipinski definition) is 0. The Morgan fingerprint density at radius 3 is 2.64 bits per heavy atom. The van der Waals surface area contributed by atoms with Gasteiger partial charge < -0.3 is 4.74 Å². The van der Waals surface area contributed by atoms with Crippen LogP contribution in [0.2, 0.25) is 0 Å². The first-order chi connectivity index (χ1) is 6.65. The molecule has 0 unspecified atom stereocenters. The molecule has 0 aromatic carbocycles. The van der Waals surface area contributed by atoms with Gasteiger partial charge in [0.05, 0.1) is 12.7 Å². The zero-order valence-electron chi connectivity index (χ0n) is 8.58. The number of rotatable bonds is 4. The Bertz CT molecular complexity index is 280. The van der Waals surface area contributed by atoms with E-state index >= 15 is 0 Å². The molecule has 0 aliphatic carbocycles. The maximum Gasteiger partial charge on any atom is 0.339 e. The van der Waals surface area contributed by atoms with Crippen molar-refractivity contribution < 1.29 is 9.53 Å². The number of halogens is 1. The fourth-order valence-corrected chi connectivity index (χ4v) is 0.918. The van der Waals surface area contributed by atoms with Crippen molar-refractivity contribution in [1.29, 1.82) is 0 Å². The molecule has 0 saturated heterocycles. The molecule has 0 radical (unpaired) electrons. The maximum atomic E-state index is 11.1. The fraction of sp³-hybridized carbons (Fsp3) is 0.400. The van der Waals surface area contributed by atoms with Gasteiger partial charge in [0.15, 0.2) is 0 Å². The first-order valence-electron chi connectivity index (χ1n) is 4.30. The van der Waals surface area contributed by atoms with Crippen molar-refractivity contribution in [2.24, 2.45) is 4.99 Å². The van der Waals surface area contributed by atoms with E-state index in [-0.39, 0.29) is 0 Å². The van der Waals surface area contributed by atoms with E-state index in [2.05, 4.69) is 9.73 Å². The summed E-state index contributed by atoms with van der Waals surface area (Å²) in [4.78, 5) is 15.0. The standard InChI is InChI=1S/C10H14ClNO2/c1-4-6-9(11)12-7-8(5-2)10(13)14-3/h5-7H,4H2,1-3H3/b8-5+,9-6+,12-7-. The molecule has 0 aromatic heterocycles. The highest BCUT2D eigenvalue weighted by Crippen LogP contribution is 2.05. The molecule has 0 aromatic rings. The Labute approximate surface area is 89.1 Å². The largest absolute Gasteiger partial charge is 0.465 e. The van der Waals surface area contributed by atoms with Crippen molar-refractivity contribution in [3.05, 3.63) is 22.9 Å². The third kappa shape index (κ3) is 4.82. The highest BCUT2D eigenvalue weighted by molar-refractivity contribution is 6.30. The van der Waals surface area contributed by atoms with Crippen molar-refractivity contribution >= 4 is 23.8 Å². The van der Waals surface area contributed by atoms with Crippen LogP contribution in [0, 0.1) is 0 Å². The zero-order chi connectivity index (χ0) is 11.0. The van der Waals surface area contributed by atoms with Crippen LogP contribution in [0.25, 0.3) is 0 Å². The lowest BCUT2D eigenvalue weighted by Crippen LogP contribution is -2.05. The summed E-state index contributed by atoms with van der Waals surface area (Å²) in [6.07, 6.45) is 5.56. The number of hydrogen-bond acceptors (Lipinski definition) is 3. The summed E-state index contributed by atoms with van der Waals surface area (Å²) in [6.45, 7) is 3.69. The molecule has 0 atom stereocenters. The Kier molecular flexibility index (Phi) is 6.76. The summed E-state index contributed by atoms with van der Waals surface area (Å²) in [6, 6.07) is 0. The van der Waals surface area contributed by atoms with Crippen LogP contribution in [0.1, 0.15) is 20.3 Å². The molecule has 4 heteroatoms. The minimum Gasteiger partial charge on any atom is -0.465 e. The van der Waals surface area contributed by atoms with E-state index in [4.69, 9.17) is 11.6 Å². The van der Waals surface area contributed by atoms with Crippen LogP contribution in [0.15, 0.2) is 27.9 Å². The molecule has 0 saturated carbocycles. The molecule has 0 aliphatic rings. The lowest BCUT2D eigenvalue weighted by Gasteiger charge is -1.97. The molecule has 0 heterocycles. The summed E-state index contributed by atoms with van der Waals surface area (Å²) >= 11 is 5.71. The Morgan fingerprint density at radius 1 is 1.57 bits per heavy atom. The van der Waals surface area contributed by atoms with Gasteiger partial charge >= 0.3 is 5.97 Å². The van der Waals surface area contributed by atoms with Crippen LogP contribution < -0.4 is 0 Å². The summed E-state index contributed by atoms with van der Waals surface area (Å²) in [7, 11) is 1.32. The third-order valence-electron chi connectivity index (χ3n) is 1.43. The molecule has 0 fully saturated rings. The first-order valence-corrected chi connectivity index (χ1v) is 4.67. The molecule has 0 rings (SSSR count). The van der Waals surface area contributed by atoms with E-state index in [1.807, 2.05) is 6.92 Å². The van der Waals surface area contributed by atoms with Crippen molar-refractivity contribution in [3.63, 3.8) is 0 Å². The molecule has 14 heavy (non-hydrogen) atoms. The van der Waals surface area contributed by atoms with Gasteiger partial charge in [0, 0.05) is 6.21 Å². The van der Waals surface area contributed by atoms with Gasteiger partial charge in [0.2, 0.25) is 0 Å². The van der Waals surface area contributed by atoms with E-state index in [1.165, 1.54) is 13.3 Å². The summed E-state index contributed by atoms with van der Waals surface area (Å²) in [5, 5.41) is 0.371. The van der Waals surface area contributed by atoms with Gasteiger partial charge in [-0.15, -0.1) is 0 Å². The molecular weight excluding hydrogens is 202 g/mol. The lowest BCUT2D eigenvalue weighted by atomic mass is 10.3. The number of methoxy groups -OCH3 is 1. The zero-order valence-corrected chi connectivity index (χ0v) is 9.34. The smallest absolute Gasteiger partial charge is 0.339 e. The highest BCUT2D eigenvalue weighted by atomic mass is 35.5. The normalized spacial score (nSPS) is 13.4. The van der Waals surface area contributed by atoms with Gasteiger partial charge in [0.25, 0.3) is 0 Å². The number of carbonyl (C=O) groups is 1. The van der Waals surface area contributed by atoms with Gasteiger partial charge in [-0.2, -0.15) is 0 Å². The van der Waals surface area contributed by atoms with Gasteiger partial charge in [-0.25, -0.2) is 9.79 Å². The number of esters is 1. The minimum absolute atomic E-state index is 0.371. The SMILES string of the molecule is C\C=C(/C=N\C(Cl)=C\CC)C(=O)OC. The van der Waals surface area contributed by atoms with E-state index in [1.54, 1.807) is 19.1 Å². The van der Waals surface area contributed by atoms with Crippen molar-refractivity contribution in [2.75, 3.05) is 7.11 Å².